The molecule has 2 aromatic rings. The summed E-state index contributed by atoms with van der Waals surface area (Å²) in [4.78, 5) is 0.0658. The van der Waals surface area contributed by atoms with Crippen molar-refractivity contribution in [1.82, 2.24) is 4.37 Å². The van der Waals surface area contributed by atoms with Crippen LogP contribution in [0, 0.1) is 0 Å². The zero-order chi connectivity index (χ0) is 14.8. The first kappa shape index (κ1) is 14.6. The van der Waals surface area contributed by atoms with Crippen molar-refractivity contribution in [3.05, 3.63) is 29.8 Å². The van der Waals surface area contributed by atoms with Gasteiger partial charge in [0.05, 0.1) is 7.11 Å². The number of aromatic nitrogens is 1. The van der Waals surface area contributed by atoms with Gasteiger partial charge in [0.15, 0.2) is 15.7 Å². The molecular formula is C12H15N3O3S2. The number of hydrogen-bond acceptors (Lipinski definition) is 7. The molecule has 108 valence electrons. The minimum atomic E-state index is -3.40. The Hall–Kier alpha value is -1.80. The maximum atomic E-state index is 11.7. The SMILES string of the molecule is COc1ccc(CNc2snc(N)c2S(C)(=O)=O)cc1. The van der Waals surface area contributed by atoms with E-state index in [0.717, 1.165) is 29.1 Å². The van der Waals surface area contributed by atoms with Crippen molar-refractivity contribution in [3.63, 3.8) is 0 Å². The number of anilines is 2. The Morgan fingerprint density at radius 3 is 2.55 bits per heavy atom. The van der Waals surface area contributed by atoms with Crippen molar-refractivity contribution in [2.45, 2.75) is 11.4 Å². The van der Waals surface area contributed by atoms with Gasteiger partial charge in [0, 0.05) is 12.8 Å². The lowest BCUT2D eigenvalue weighted by Gasteiger charge is -2.07. The van der Waals surface area contributed by atoms with Gasteiger partial charge in [-0.3, -0.25) is 0 Å². The van der Waals surface area contributed by atoms with E-state index in [4.69, 9.17) is 10.5 Å². The quantitative estimate of drug-likeness (QED) is 0.873. The fraction of sp³-hybridized carbons (Fsp3) is 0.250. The molecule has 0 unspecified atom stereocenters. The maximum Gasteiger partial charge on any atom is 0.182 e. The largest absolute Gasteiger partial charge is 0.497 e. The highest BCUT2D eigenvalue weighted by atomic mass is 32.2. The summed E-state index contributed by atoms with van der Waals surface area (Å²) in [6, 6.07) is 7.48. The molecule has 0 aliphatic heterocycles. The number of nitrogen functional groups attached to an aromatic ring is 1. The van der Waals surface area contributed by atoms with Crippen LogP contribution in [0.15, 0.2) is 29.2 Å². The van der Waals surface area contributed by atoms with Crippen molar-refractivity contribution in [1.29, 1.82) is 0 Å². The summed E-state index contributed by atoms with van der Waals surface area (Å²) >= 11 is 1.04. The molecule has 0 saturated heterocycles. The third kappa shape index (κ3) is 3.20. The number of nitrogens with zero attached hydrogens (tertiary/aromatic N) is 1. The number of nitrogens with two attached hydrogens (primary N) is 1. The third-order valence-corrected chi connectivity index (χ3v) is 4.76. The van der Waals surface area contributed by atoms with E-state index in [1.165, 1.54) is 0 Å². The van der Waals surface area contributed by atoms with Crippen molar-refractivity contribution >= 4 is 32.2 Å². The van der Waals surface area contributed by atoms with Crippen LogP contribution in [-0.2, 0) is 16.4 Å². The molecule has 3 N–H and O–H groups in total. The fourth-order valence-corrected chi connectivity index (χ4v) is 3.75. The monoisotopic (exact) mass is 313 g/mol. The average molecular weight is 313 g/mol. The van der Waals surface area contributed by atoms with Gasteiger partial charge in [0.1, 0.15) is 15.6 Å². The van der Waals surface area contributed by atoms with Crippen molar-refractivity contribution < 1.29 is 13.2 Å². The molecule has 0 aliphatic carbocycles. The first-order valence-electron chi connectivity index (χ1n) is 5.74. The lowest BCUT2D eigenvalue weighted by molar-refractivity contribution is 0.414. The first-order chi connectivity index (χ1) is 9.41. The van der Waals surface area contributed by atoms with Crippen LogP contribution in [-0.4, -0.2) is 26.2 Å². The molecule has 1 aromatic heterocycles. The molecule has 0 amide bonds. The lowest BCUT2D eigenvalue weighted by Crippen LogP contribution is -2.05. The standard InChI is InChI=1S/C12H15N3O3S2/c1-18-9-5-3-8(4-6-9)7-14-12-10(20(2,16)17)11(13)15-19-12/h3-6,14H,7H2,1-2H3,(H2,13,15). The summed E-state index contributed by atoms with van der Waals surface area (Å²) in [7, 11) is -1.79. The molecule has 2 rings (SSSR count). The van der Waals surface area contributed by atoms with E-state index in [9.17, 15) is 8.42 Å². The topological polar surface area (TPSA) is 94.3 Å². The number of sulfone groups is 1. The average Bonchev–Trinajstić information content (AvgIpc) is 2.78. The van der Waals surface area contributed by atoms with E-state index >= 15 is 0 Å². The predicted octanol–water partition coefficient (Wildman–Crippen LogP) is 1.75. The second kappa shape index (κ2) is 5.68. The Morgan fingerprint density at radius 1 is 1.35 bits per heavy atom. The number of ether oxygens (including phenoxy) is 1. The van der Waals surface area contributed by atoms with Crippen molar-refractivity contribution in [2.24, 2.45) is 0 Å². The van der Waals surface area contributed by atoms with E-state index in [2.05, 4.69) is 9.69 Å². The van der Waals surface area contributed by atoms with Crippen LogP contribution < -0.4 is 15.8 Å². The first-order valence-corrected chi connectivity index (χ1v) is 8.40. The predicted molar refractivity (Wildman–Crippen MR) is 80.0 cm³/mol. The van der Waals surface area contributed by atoms with E-state index in [1.54, 1.807) is 7.11 Å². The van der Waals surface area contributed by atoms with Crippen LogP contribution in [0.4, 0.5) is 10.8 Å². The Balaban J connectivity index is 2.15. The Morgan fingerprint density at radius 2 is 2.00 bits per heavy atom. The second-order valence-corrected chi connectivity index (χ2v) is 6.93. The summed E-state index contributed by atoms with van der Waals surface area (Å²) in [5.74, 6) is 0.808. The van der Waals surface area contributed by atoms with Gasteiger partial charge in [-0.25, -0.2) is 8.42 Å². The molecule has 6 nitrogen and oxygen atoms in total. The minimum Gasteiger partial charge on any atom is -0.497 e. The van der Waals surface area contributed by atoms with E-state index < -0.39 is 9.84 Å². The van der Waals surface area contributed by atoms with Gasteiger partial charge in [0.25, 0.3) is 0 Å². The fourth-order valence-electron chi connectivity index (χ4n) is 1.69. The van der Waals surface area contributed by atoms with Gasteiger partial charge >= 0.3 is 0 Å². The molecule has 0 spiro atoms. The summed E-state index contributed by atoms with van der Waals surface area (Å²) < 4.78 is 32.3. The van der Waals surface area contributed by atoms with Crippen LogP contribution >= 0.6 is 11.5 Å². The summed E-state index contributed by atoms with van der Waals surface area (Å²) in [6.07, 6.45) is 1.12. The number of benzene rings is 1. The number of rotatable bonds is 5. The highest BCUT2D eigenvalue weighted by Crippen LogP contribution is 2.31. The van der Waals surface area contributed by atoms with Crippen molar-refractivity contribution in [2.75, 3.05) is 24.4 Å². The smallest absolute Gasteiger partial charge is 0.182 e. The third-order valence-electron chi connectivity index (χ3n) is 2.66. The van der Waals surface area contributed by atoms with Crippen molar-refractivity contribution in [3.8, 4) is 5.75 Å². The number of nitrogens with one attached hydrogen (secondary N) is 1. The molecule has 0 radical (unpaired) electrons. The molecule has 8 heteroatoms. The van der Waals surface area contributed by atoms with Crippen LogP contribution in [0.3, 0.4) is 0 Å². The van der Waals surface area contributed by atoms with Crippen LogP contribution in [0.2, 0.25) is 0 Å². The molecular weight excluding hydrogens is 298 g/mol. The zero-order valence-corrected chi connectivity index (χ0v) is 12.7. The van der Waals surface area contributed by atoms with E-state index in [-0.39, 0.29) is 10.7 Å². The molecule has 0 saturated carbocycles. The van der Waals surface area contributed by atoms with Gasteiger partial charge in [-0.2, -0.15) is 4.37 Å². The zero-order valence-electron chi connectivity index (χ0n) is 11.1. The molecule has 20 heavy (non-hydrogen) atoms. The molecule has 1 heterocycles. The van der Waals surface area contributed by atoms with Gasteiger partial charge in [-0.05, 0) is 29.2 Å². The molecule has 0 aliphatic rings. The van der Waals surface area contributed by atoms with Crippen LogP contribution in [0.5, 0.6) is 5.75 Å². The maximum absolute atomic E-state index is 11.7. The summed E-state index contributed by atoms with van der Waals surface area (Å²) in [5, 5.41) is 3.51. The second-order valence-electron chi connectivity index (χ2n) is 4.20. The molecule has 0 atom stereocenters. The van der Waals surface area contributed by atoms with Gasteiger partial charge < -0.3 is 15.8 Å². The van der Waals surface area contributed by atoms with Gasteiger partial charge in [-0.15, -0.1) is 0 Å². The number of methoxy groups -OCH3 is 1. The Bertz CT molecular complexity index is 693. The Kier molecular flexibility index (Phi) is 4.15. The molecule has 1 aromatic carbocycles. The van der Waals surface area contributed by atoms with Gasteiger partial charge in [-0.1, -0.05) is 12.1 Å². The Labute approximate surface area is 121 Å². The summed E-state index contributed by atoms with van der Waals surface area (Å²) in [6.45, 7) is 0.480. The molecule has 0 bridgehead atoms. The highest BCUT2D eigenvalue weighted by molar-refractivity contribution is 7.91. The van der Waals surface area contributed by atoms with E-state index in [1.807, 2.05) is 24.3 Å². The molecule has 0 fully saturated rings. The van der Waals surface area contributed by atoms with Crippen LogP contribution in [0.25, 0.3) is 0 Å². The lowest BCUT2D eigenvalue weighted by atomic mass is 10.2. The summed E-state index contributed by atoms with van der Waals surface area (Å²) in [5.41, 5.74) is 6.60. The van der Waals surface area contributed by atoms with Gasteiger partial charge in [0.2, 0.25) is 0 Å². The normalized spacial score (nSPS) is 11.3. The van der Waals surface area contributed by atoms with E-state index in [0.29, 0.717) is 11.5 Å². The van der Waals surface area contributed by atoms with Crippen LogP contribution in [0.1, 0.15) is 5.56 Å². The number of hydrogen-bond donors (Lipinski definition) is 2. The minimum absolute atomic E-state index is 0.0368. The highest BCUT2D eigenvalue weighted by Gasteiger charge is 2.20.